The average Bonchev–Trinajstić information content (AvgIpc) is 2.11. The molecule has 0 unspecified atom stereocenters. The topological polar surface area (TPSA) is 37.3 Å². The van der Waals surface area contributed by atoms with E-state index in [0.717, 1.165) is 6.07 Å². The summed E-state index contributed by atoms with van der Waals surface area (Å²) < 4.78 is 39.2. The summed E-state index contributed by atoms with van der Waals surface area (Å²) >= 11 is 0. The largest absolute Gasteiger partial charge is 0.477 e. The molecule has 0 aliphatic heterocycles. The molecular weight excluding hydrogens is 221 g/mol. The van der Waals surface area contributed by atoms with Gasteiger partial charge in [0, 0.05) is 0 Å². The summed E-state index contributed by atoms with van der Waals surface area (Å²) in [6.45, 7) is 3.11. The van der Waals surface area contributed by atoms with Crippen molar-refractivity contribution in [1.82, 2.24) is 0 Å². The molecule has 1 aromatic rings. The van der Waals surface area contributed by atoms with Crippen molar-refractivity contribution in [2.75, 3.05) is 0 Å². The predicted octanol–water partition coefficient (Wildman–Crippen LogP) is 2.70. The normalized spacial score (nSPS) is 11.6. The first-order chi connectivity index (χ1) is 7.24. The number of hydrogen-bond acceptors (Lipinski definition) is 1. The summed E-state index contributed by atoms with van der Waals surface area (Å²) in [6.07, 6.45) is -1.12. The number of hydrogen-bond donors (Lipinski definition) is 1. The van der Waals surface area contributed by atoms with Gasteiger partial charge in [0.25, 0.3) is 0 Å². The van der Waals surface area contributed by atoms with Crippen LogP contribution in [0.15, 0.2) is 12.1 Å². The lowest BCUT2D eigenvalue weighted by molar-refractivity contribution is -0.164. The number of alkyl halides is 2. The van der Waals surface area contributed by atoms with Gasteiger partial charge in [0.1, 0.15) is 5.82 Å². The van der Waals surface area contributed by atoms with Gasteiger partial charge >= 0.3 is 11.9 Å². The fourth-order valence-corrected chi connectivity index (χ4v) is 1.47. The third kappa shape index (κ3) is 2.53. The van der Waals surface area contributed by atoms with E-state index in [0.29, 0.717) is 11.1 Å². The number of rotatable bonds is 3. The minimum atomic E-state index is -3.94. The molecule has 1 aromatic carbocycles. The molecule has 1 rings (SSSR count). The van der Waals surface area contributed by atoms with Gasteiger partial charge in [-0.2, -0.15) is 8.78 Å². The van der Waals surface area contributed by atoms with Gasteiger partial charge in [0.15, 0.2) is 0 Å². The Morgan fingerprint density at radius 1 is 1.38 bits per heavy atom. The molecule has 0 fully saturated rings. The Bertz CT molecular complexity index is 404. The number of aliphatic carboxylic acids is 1. The van der Waals surface area contributed by atoms with E-state index < -0.39 is 24.1 Å². The van der Waals surface area contributed by atoms with E-state index in [1.165, 1.54) is 13.0 Å². The lowest BCUT2D eigenvalue weighted by Gasteiger charge is -2.14. The molecule has 0 amide bonds. The number of benzene rings is 1. The van der Waals surface area contributed by atoms with Crippen LogP contribution in [0.25, 0.3) is 0 Å². The van der Waals surface area contributed by atoms with Crippen LogP contribution in [0.5, 0.6) is 0 Å². The minimum absolute atomic E-state index is 0.252. The predicted molar refractivity (Wildman–Crippen MR) is 52.2 cm³/mol. The zero-order valence-electron chi connectivity index (χ0n) is 8.85. The third-order valence-corrected chi connectivity index (χ3v) is 2.27. The quantitative estimate of drug-likeness (QED) is 0.869. The van der Waals surface area contributed by atoms with E-state index in [1.54, 1.807) is 6.92 Å². The van der Waals surface area contributed by atoms with Crippen LogP contribution in [0.2, 0.25) is 0 Å². The van der Waals surface area contributed by atoms with Crippen molar-refractivity contribution in [3.63, 3.8) is 0 Å². The molecular formula is C11H11F3O2. The van der Waals surface area contributed by atoms with E-state index in [4.69, 9.17) is 5.11 Å². The van der Waals surface area contributed by atoms with Gasteiger partial charge in [-0.05, 0) is 36.6 Å². The van der Waals surface area contributed by atoms with Crippen molar-refractivity contribution >= 4 is 5.97 Å². The second-order valence-corrected chi connectivity index (χ2v) is 3.73. The van der Waals surface area contributed by atoms with Gasteiger partial charge < -0.3 is 5.11 Å². The van der Waals surface area contributed by atoms with Crippen molar-refractivity contribution in [3.8, 4) is 0 Å². The van der Waals surface area contributed by atoms with Crippen LogP contribution >= 0.6 is 0 Å². The minimum Gasteiger partial charge on any atom is -0.477 e. The first kappa shape index (κ1) is 12.5. The summed E-state index contributed by atoms with van der Waals surface area (Å²) in [5.74, 6) is -6.98. The molecule has 0 saturated carbocycles. The molecule has 0 aliphatic rings. The Labute approximate surface area is 90.7 Å². The van der Waals surface area contributed by atoms with Gasteiger partial charge in [0.05, 0.1) is 6.42 Å². The van der Waals surface area contributed by atoms with E-state index in [9.17, 15) is 18.0 Å². The second-order valence-electron chi connectivity index (χ2n) is 3.73. The zero-order chi connectivity index (χ0) is 12.5. The van der Waals surface area contributed by atoms with Crippen molar-refractivity contribution in [2.45, 2.75) is 26.2 Å². The first-order valence-corrected chi connectivity index (χ1v) is 4.61. The molecule has 0 radical (unpaired) electrons. The zero-order valence-corrected chi connectivity index (χ0v) is 8.85. The fourth-order valence-electron chi connectivity index (χ4n) is 1.47. The number of carbonyl (C=O) groups is 1. The van der Waals surface area contributed by atoms with Gasteiger partial charge in [-0.1, -0.05) is 6.07 Å². The Morgan fingerprint density at radius 2 is 1.94 bits per heavy atom. The fraction of sp³-hybridized carbons (Fsp3) is 0.364. The molecule has 16 heavy (non-hydrogen) atoms. The monoisotopic (exact) mass is 232 g/mol. The molecule has 0 atom stereocenters. The summed E-state index contributed by atoms with van der Waals surface area (Å²) in [5, 5.41) is 8.27. The summed E-state index contributed by atoms with van der Waals surface area (Å²) in [5.41, 5.74) is 0.689. The SMILES string of the molecule is Cc1cc(C)c(CC(F)(F)C(=O)O)c(F)c1. The lowest BCUT2D eigenvalue weighted by Crippen LogP contribution is -2.31. The van der Waals surface area contributed by atoms with E-state index in [-0.39, 0.29) is 5.56 Å². The second kappa shape index (κ2) is 4.15. The van der Waals surface area contributed by atoms with Gasteiger partial charge in [-0.15, -0.1) is 0 Å². The number of aryl methyl sites for hydroxylation is 2. The lowest BCUT2D eigenvalue weighted by atomic mass is 9.99. The van der Waals surface area contributed by atoms with Crippen LogP contribution < -0.4 is 0 Å². The third-order valence-electron chi connectivity index (χ3n) is 2.27. The van der Waals surface area contributed by atoms with Crippen molar-refractivity contribution in [1.29, 1.82) is 0 Å². The molecule has 0 aromatic heterocycles. The van der Waals surface area contributed by atoms with E-state index >= 15 is 0 Å². The smallest absolute Gasteiger partial charge is 0.374 e. The highest BCUT2D eigenvalue weighted by Crippen LogP contribution is 2.25. The molecule has 0 bridgehead atoms. The van der Waals surface area contributed by atoms with Gasteiger partial charge in [-0.3, -0.25) is 0 Å². The maximum atomic E-state index is 13.4. The Hall–Kier alpha value is -1.52. The molecule has 88 valence electrons. The van der Waals surface area contributed by atoms with E-state index in [1.807, 2.05) is 0 Å². The number of carboxylic acid groups (broad SMARTS) is 1. The van der Waals surface area contributed by atoms with Crippen LogP contribution in [-0.2, 0) is 11.2 Å². The maximum absolute atomic E-state index is 13.4. The summed E-state index contributed by atoms with van der Waals surface area (Å²) in [7, 11) is 0. The highest BCUT2D eigenvalue weighted by Gasteiger charge is 2.40. The number of carboxylic acids is 1. The average molecular weight is 232 g/mol. The molecule has 2 nitrogen and oxygen atoms in total. The maximum Gasteiger partial charge on any atom is 0.374 e. The highest BCUT2D eigenvalue weighted by molar-refractivity contribution is 5.75. The highest BCUT2D eigenvalue weighted by atomic mass is 19.3. The van der Waals surface area contributed by atoms with Crippen LogP contribution in [0, 0.1) is 19.7 Å². The molecule has 0 aliphatic carbocycles. The molecule has 1 N–H and O–H groups in total. The molecule has 0 heterocycles. The standard InChI is InChI=1S/C11H11F3O2/c1-6-3-7(2)8(9(12)4-6)5-11(13,14)10(15)16/h3-4H,5H2,1-2H3,(H,15,16). The van der Waals surface area contributed by atoms with Crippen LogP contribution in [0.3, 0.4) is 0 Å². The van der Waals surface area contributed by atoms with Crippen molar-refractivity contribution in [2.24, 2.45) is 0 Å². The van der Waals surface area contributed by atoms with Crippen LogP contribution in [-0.4, -0.2) is 17.0 Å². The Morgan fingerprint density at radius 3 is 2.38 bits per heavy atom. The van der Waals surface area contributed by atoms with Crippen molar-refractivity contribution < 1.29 is 23.1 Å². The Balaban J connectivity index is 3.11. The van der Waals surface area contributed by atoms with Crippen molar-refractivity contribution in [3.05, 3.63) is 34.6 Å². The van der Waals surface area contributed by atoms with Crippen LogP contribution in [0.1, 0.15) is 16.7 Å². The molecule has 0 saturated heterocycles. The summed E-state index contributed by atoms with van der Waals surface area (Å²) in [6, 6.07) is 2.65. The first-order valence-electron chi connectivity index (χ1n) is 4.61. The molecule has 5 heteroatoms. The van der Waals surface area contributed by atoms with E-state index in [2.05, 4.69) is 0 Å². The van der Waals surface area contributed by atoms with Gasteiger partial charge in [-0.25, -0.2) is 9.18 Å². The number of halogens is 3. The Kier molecular flexibility index (Phi) is 3.26. The summed E-state index contributed by atoms with van der Waals surface area (Å²) in [4.78, 5) is 10.2. The van der Waals surface area contributed by atoms with Crippen LogP contribution in [0.4, 0.5) is 13.2 Å². The molecule has 0 spiro atoms. The van der Waals surface area contributed by atoms with Gasteiger partial charge in [0.2, 0.25) is 0 Å².